The van der Waals surface area contributed by atoms with Crippen molar-refractivity contribution in [2.45, 2.75) is 59.0 Å². The molecule has 7 nitrogen and oxygen atoms in total. The van der Waals surface area contributed by atoms with Crippen molar-refractivity contribution in [2.24, 2.45) is 0 Å². The maximum Gasteiger partial charge on any atom is 0.227 e. The van der Waals surface area contributed by atoms with Crippen LogP contribution in [0.2, 0.25) is 0 Å². The predicted octanol–water partition coefficient (Wildman–Crippen LogP) is 6.91. The SMILES string of the molecule is Cc1ccnc(Nc2ccc(Nc3nc4ccccc4c(N4CCC(NC(C)(C)C)CC4)c3C)cc2)n1.Cl. The van der Waals surface area contributed by atoms with Crippen molar-refractivity contribution in [1.82, 2.24) is 20.3 Å². The normalized spacial score (nSPS) is 14.3. The van der Waals surface area contributed by atoms with E-state index in [1.807, 2.05) is 25.1 Å². The van der Waals surface area contributed by atoms with Gasteiger partial charge in [0.05, 0.1) is 11.2 Å². The topological polar surface area (TPSA) is 78.0 Å². The summed E-state index contributed by atoms with van der Waals surface area (Å²) in [7, 11) is 0. The molecule has 1 aliphatic rings. The van der Waals surface area contributed by atoms with Gasteiger partial charge in [0.2, 0.25) is 5.95 Å². The summed E-state index contributed by atoms with van der Waals surface area (Å²) >= 11 is 0. The van der Waals surface area contributed by atoms with Crippen LogP contribution in [0.5, 0.6) is 0 Å². The van der Waals surface area contributed by atoms with Gasteiger partial charge in [-0.1, -0.05) is 18.2 Å². The molecule has 2 aromatic carbocycles. The van der Waals surface area contributed by atoms with Crippen molar-refractivity contribution in [3.63, 3.8) is 0 Å². The number of halogens is 1. The molecule has 200 valence electrons. The molecule has 0 radical (unpaired) electrons. The Kier molecular flexibility index (Phi) is 8.38. The lowest BCUT2D eigenvalue weighted by Crippen LogP contribution is -2.49. The van der Waals surface area contributed by atoms with Gasteiger partial charge in [-0.3, -0.25) is 0 Å². The first-order chi connectivity index (χ1) is 17.7. The van der Waals surface area contributed by atoms with E-state index in [-0.39, 0.29) is 17.9 Å². The molecule has 0 bridgehead atoms. The first kappa shape index (κ1) is 27.6. The number of rotatable bonds is 6. The molecule has 0 spiro atoms. The minimum Gasteiger partial charge on any atom is -0.371 e. The maximum absolute atomic E-state index is 5.00. The second-order valence-corrected chi connectivity index (χ2v) is 11.0. The average molecular weight is 532 g/mol. The average Bonchev–Trinajstić information content (AvgIpc) is 2.86. The molecule has 2 aromatic heterocycles. The molecule has 8 heteroatoms. The third kappa shape index (κ3) is 6.52. The molecular weight excluding hydrogens is 494 g/mol. The number of hydrogen-bond acceptors (Lipinski definition) is 7. The minimum absolute atomic E-state index is 0. The van der Waals surface area contributed by atoms with E-state index in [1.165, 1.54) is 16.6 Å². The highest BCUT2D eigenvalue weighted by atomic mass is 35.5. The van der Waals surface area contributed by atoms with Gasteiger partial charge in [-0.05, 0) is 83.9 Å². The number of nitrogens with zero attached hydrogens (tertiary/aromatic N) is 4. The number of nitrogens with one attached hydrogen (secondary N) is 3. The van der Waals surface area contributed by atoms with E-state index in [4.69, 9.17) is 4.98 Å². The van der Waals surface area contributed by atoms with Crippen molar-refractivity contribution in [1.29, 1.82) is 0 Å². The Morgan fingerprint density at radius 1 is 0.842 bits per heavy atom. The third-order valence-corrected chi connectivity index (χ3v) is 6.75. The number of fused-ring (bicyclic) bond motifs is 1. The fourth-order valence-corrected chi connectivity index (χ4v) is 5.09. The van der Waals surface area contributed by atoms with Crippen molar-refractivity contribution < 1.29 is 0 Å². The van der Waals surface area contributed by atoms with Crippen LogP contribution in [0.1, 0.15) is 44.9 Å². The summed E-state index contributed by atoms with van der Waals surface area (Å²) in [4.78, 5) is 16.2. The van der Waals surface area contributed by atoms with Gasteiger partial charge < -0.3 is 20.9 Å². The molecule has 1 saturated heterocycles. The first-order valence-electron chi connectivity index (χ1n) is 13.1. The monoisotopic (exact) mass is 531 g/mol. The Bertz CT molecular complexity index is 1370. The molecule has 0 aliphatic carbocycles. The summed E-state index contributed by atoms with van der Waals surface area (Å²) in [6, 6.07) is 19.1. The molecular formula is C30H38ClN7. The lowest BCUT2D eigenvalue weighted by molar-refractivity contribution is 0.317. The van der Waals surface area contributed by atoms with E-state index < -0.39 is 0 Å². The van der Waals surface area contributed by atoms with Gasteiger partial charge in [0.25, 0.3) is 0 Å². The second-order valence-electron chi connectivity index (χ2n) is 11.0. The quantitative estimate of drug-likeness (QED) is 0.249. The maximum atomic E-state index is 5.00. The summed E-state index contributed by atoms with van der Waals surface area (Å²) < 4.78 is 0. The van der Waals surface area contributed by atoms with Gasteiger partial charge in [0, 0.05) is 58.9 Å². The highest BCUT2D eigenvalue weighted by molar-refractivity contribution is 5.96. The molecule has 3 heterocycles. The van der Waals surface area contributed by atoms with Crippen LogP contribution < -0.4 is 20.9 Å². The summed E-state index contributed by atoms with van der Waals surface area (Å²) in [6.07, 6.45) is 4.03. The van der Waals surface area contributed by atoms with Crippen LogP contribution >= 0.6 is 12.4 Å². The standard InChI is InChI=1S/C30H37N7.ClH/c1-20-14-17-31-29(32-20)34-23-12-10-22(11-13-23)33-28-21(2)27(25-8-6-7-9-26(25)35-28)37-18-15-24(16-19-37)36-30(3,4)5;/h6-14,17,24,36H,15-16,18-19H2,1-5H3,(H,33,35)(H,31,32,34);1H. The molecule has 0 atom stereocenters. The number of pyridine rings is 1. The zero-order chi connectivity index (χ0) is 26.0. The Labute approximate surface area is 231 Å². The lowest BCUT2D eigenvalue weighted by Gasteiger charge is -2.38. The second kappa shape index (κ2) is 11.5. The predicted molar refractivity (Wildman–Crippen MR) is 162 cm³/mol. The summed E-state index contributed by atoms with van der Waals surface area (Å²) in [5.74, 6) is 1.49. The highest BCUT2D eigenvalue weighted by Gasteiger charge is 2.25. The van der Waals surface area contributed by atoms with E-state index >= 15 is 0 Å². The van der Waals surface area contributed by atoms with Gasteiger partial charge in [-0.25, -0.2) is 15.0 Å². The summed E-state index contributed by atoms with van der Waals surface area (Å²) in [5.41, 5.74) is 6.47. The fraction of sp³-hybridized carbons (Fsp3) is 0.367. The van der Waals surface area contributed by atoms with Crippen molar-refractivity contribution >= 4 is 52.1 Å². The number of piperidine rings is 1. The van der Waals surface area contributed by atoms with E-state index in [0.717, 1.165) is 54.3 Å². The zero-order valence-corrected chi connectivity index (χ0v) is 23.7. The Morgan fingerprint density at radius 3 is 2.16 bits per heavy atom. The Hall–Kier alpha value is -3.42. The van der Waals surface area contributed by atoms with Crippen LogP contribution in [0.3, 0.4) is 0 Å². The van der Waals surface area contributed by atoms with Gasteiger partial charge in [0.1, 0.15) is 5.82 Å². The lowest BCUT2D eigenvalue weighted by atomic mass is 9.98. The molecule has 38 heavy (non-hydrogen) atoms. The van der Waals surface area contributed by atoms with Gasteiger partial charge in [-0.15, -0.1) is 12.4 Å². The Balaban J connectivity index is 0.00000336. The van der Waals surface area contributed by atoms with Crippen LogP contribution in [0.4, 0.5) is 28.8 Å². The Morgan fingerprint density at radius 2 is 1.50 bits per heavy atom. The minimum atomic E-state index is 0. The largest absolute Gasteiger partial charge is 0.371 e. The fourth-order valence-electron chi connectivity index (χ4n) is 5.09. The number of hydrogen-bond donors (Lipinski definition) is 3. The molecule has 5 rings (SSSR count). The van der Waals surface area contributed by atoms with Crippen LogP contribution in [-0.4, -0.2) is 39.6 Å². The molecule has 1 aliphatic heterocycles. The van der Waals surface area contributed by atoms with E-state index in [2.05, 4.69) is 94.9 Å². The number of para-hydroxylation sites is 1. The van der Waals surface area contributed by atoms with Crippen molar-refractivity contribution in [3.05, 3.63) is 72.1 Å². The molecule has 0 unspecified atom stereocenters. The zero-order valence-electron chi connectivity index (χ0n) is 22.9. The van der Waals surface area contributed by atoms with E-state index in [9.17, 15) is 0 Å². The van der Waals surface area contributed by atoms with Crippen molar-refractivity contribution in [3.8, 4) is 0 Å². The molecule has 1 fully saturated rings. The molecule has 3 N–H and O–H groups in total. The number of aromatic nitrogens is 3. The number of anilines is 5. The van der Waals surface area contributed by atoms with Gasteiger partial charge in [0.15, 0.2) is 0 Å². The molecule has 0 saturated carbocycles. The summed E-state index contributed by atoms with van der Waals surface area (Å²) in [5, 5.41) is 11.8. The first-order valence-corrected chi connectivity index (χ1v) is 13.1. The van der Waals surface area contributed by atoms with Crippen LogP contribution in [0, 0.1) is 13.8 Å². The van der Waals surface area contributed by atoms with E-state index in [1.54, 1.807) is 6.20 Å². The van der Waals surface area contributed by atoms with E-state index in [0.29, 0.717) is 12.0 Å². The summed E-state index contributed by atoms with van der Waals surface area (Å²) in [6.45, 7) is 12.9. The van der Waals surface area contributed by atoms with Gasteiger partial charge in [-0.2, -0.15) is 0 Å². The van der Waals surface area contributed by atoms with Gasteiger partial charge >= 0.3 is 0 Å². The third-order valence-electron chi connectivity index (χ3n) is 6.75. The van der Waals surface area contributed by atoms with Crippen molar-refractivity contribution in [2.75, 3.05) is 28.6 Å². The molecule has 4 aromatic rings. The highest BCUT2D eigenvalue weighted by Crippen LogP contribution is 2.36. The van der Waals surface area contributed by atoms with Crippen LogP contribution in [0.15, 0.2) is 60.8 Å². The molecule has 0 amide bonds. The van der Waals surface area contributed by atoms with Crippen LogP contribution in [0.25, 0.3) is 10.9 Å². The van der Waals surface area contributed by atoms with Crippen LogP contribution in [-0.2, 0) is 0 Å². The number of aryl methyl sites for hydroxylation is 1. The number of benzene rings is 2. The smallest absolute Gasteiger partial charge is 0.227 e.